The molecular formula is C13H19BrN2O2S. The summed E-state index contributed by atoms with van der Waals surface area (Å²) in [5.74, 6) is 0.807. The Morgan fingerprint density at radius 3 is 2.37 bits per heavy atom. The molecule has 0 aliphatic carbocycles. The second kappa shape index (κ2) is 6.13. The number of anilines is 2. The zero-order chi connectivity index (χ0) is 13.9. The molecule has 1 heterocycles. The van der Waals surface area contributed by atoms with E-state index in [4.69, 9.17) is 0 Å². The lowest BCUT2D eigenvalue weighted by Crippen LogP contribution is -2.32. The van der Waals surface area contributed by atoms with Crippen LogP contribution < -0.4 is 9.62 Å². The highest BCUT2D eigenvalue weighted by molar-refractivity contribution is 9.10. The van der Waals surface area contributed by atoms with Crippen molar-refractivity contribution in [2.75, 3.05) is 27.4 Å². The van der Waals surface area contributed by atoms with Crippen LogP contribution in [0.2, 0.25) is 0 Å². The van der Waals surface area contributed by atoms with Crippen LogP contribution in [0.1, 0.15) is 19.8 Å². The molecule has 0 radical (unpaired) electrons. The average molecular weight is 347 g/mol. The number of piperidine rings is 1. The van der Waals surface area contributed by atoms with E-state index in [1.807, 2.05) is 24.3 Å². The topological polar surface area (TPSA) is 49.4 Å². The minimum atomic E-state index is -3.26. The predicted octanol–water partition coefficient (Wildman–Crippen LogP) is 3.02. The fourth-order valence-electron chi connectivity index (χ4n) is 2.21. The molecule has 106 valence electrons. The fraction of sp³-hybridized carbons (Fsp3) is 0.538. The van der Waals surface area contributed by atoms with Crippen molar-refractivity contribution in [3.63, 3.8) is 0 Å². The van der Waals surface area contributed by atoms with E-state index in [1.165, 1.54) is 12.8 Å². The van der Waals surface area contributed by atoms with Crippen LogP contribution in [-0.2, 0) is 10.0 Å². The van der Waals surface area contributed by atoms with E-state index in [0.29, 0.717) is 5.69 Å². The van der Waals surface area contributed by atoms with Gasteiger partial charge in [0.2, 0.25) is 10.0 Å². The highest BCUT2D eigenvalue weighted by Gasteiger charge is 2.16. The van der Waals surface area contributed by atoms with Gasteiger partial charge in [-0.05, 0) is 43.0 Å². The highest BCUT2D eigenvalue weighted by atomic mass is 79.9. The molecule has 2 rings (SSSR count). The molecule has 1 N–H and O–H groups in total. The van der Waals surface area contributed by atoms with E-state index >= 15 is 0 Å². The molecule has 19 heavy (non-hydrogen) atoms. The van der Waals surface area contributed by atoms with Crippen molar-refractivity contribution in [1.82, 2.24) is 0 Å². The van der Waals surface area contributed by atoms with Crippen molar-refractivity contribution in [1.29, 1.82) is 0 Å². The first-order valence-electron chi connectivity index (χ1n) is 6.41. The van der Waals surface area contributed by atoms with Crippen LogP contribution >= 0.6 is 15.9 Å². The van der Waals surface area contributed by atoms with Gasteiger partial charge in [-0.2, -0.15) is 0 Å². The molecule has 1 saturated heterocycles. The molecule has 1 aliphatic rings. The first-order valence-corrected chi connectivity index (χ1v) is 9.19. The molecule has 0 amide bonds. The van der Waals surface area contributed by atoms with E-state index in [2.05, 4.69) is 32.5 Å². The number of sulfonamides is 1. The molecule has 0 unspecified atom stereocenters. The molecule has 0 bridgehead atoms. The second-order valence-electron chi connectivity index (χ2n) is 5.04. The Kier molecular flexibility index (Phi) is 4.73. The summed E-state index contributed by atoms with van der Waals surface area (Å²) in [6.45, 7) is 4.44. The average Bonchev–Trinajstić information content (AvgIpc) is 2.40. The Balaban J connectivity index is 2.02. The second-order valence-corrected chi connectivity index (χ2v) is 8.07. The van der Waals surface area contributed by atoms with Gasteiger partial charge in [-0.15, -0.1) is 0 Å². The number of benzene rings is 1. The molecule has 0 saturated carbocycles. The lowest BCUT2D eigenvalue weighted by atomic mass is 9.99. The van der Waals surface area contributed by atoms with E-state index in [1.54, 1.807) is 0 Å². The Labute approximate surface area is 123 Å². The van der Waals surface area contributed by atoms with Crippen molar-refractivity contribution in [3.8, 4) is 0 Å². The predicted molar refractivity (Wildman–Crippen MR) is 83.4 cm³/mol. The molecule has 1 fully saturated rings. The van der Waals surface area contributed by atoms with Crippen LogP contribution in [0.5, 0.6) is 0 Å². The van der Waals surface area contributed by atoms with Crippen LogP contribution in [0.25, 0.3) is 0 Å². The van der Waals surface area contributed by atoms with Gasteiger partial charge in [-0.25, -0.2) is 8.42 Å². The van der Waals surface area contributed by atoms with Gasteiger partial charge in [0.15, 0.2) is 0 Å². The largest absolute Gasteiger partial charge is 0.372 e. The summed E-state index contributed by atoms with van der Waals surface area (Å²) >= 11 is 2.95. The Morgan fingerprint density at radius 1 is 1.26 bits per heavy atom. The molecule has 0 aromatic heterocycles. The first kappa shape index (κ1) is 14.7. The quantitative estimate of drug-likeness (QED) is 0.852. The summed E-state index contributed by atoms with van der Waals surface area (Å²) in [5.41, 5.74) is 1.77. The summed E-state index contributed by atoms with van der Waals surface area (Å²) in [4.78, 5) is 2.35. The van der Waals surface area contributed by atoms with E-state index in [-0.39, 0.29) is 4.66 Å². The van der Waals surface area contributed by atoms with Crippen LogP contribution in [0.4, 0.5) is 11.4 Å². The fourth-order valence-corrected chi connectivity index (χ4v) is 3.11. The van der Waals surface area contributed by atoms with Gasteiger partial charge in [0.25, 0.3) is 0 Å². The molecule has 1 aliphatic heterocycles. The highest BCUT2D eigenvalue weighted by Crippen LogP contribution is 2.24. The van der Waals surface area contributed by atoms with E-state index in [9.17, 15) is 8.42 Å². The van der Waals surface area contributed by atoms with Gasteiger partial charge in [0.05, 0.1) is 0 Å². The standard InChI is InChI=1S/C13H19BrN2O2S/c1-11-6-8-16(9-7-11)13-4-2-12(3-5-13)15-19(17,18)10-14/h2-5,11,15H,6-10H2,1H3. The summed E-state index contributed by atoms with van der Waals surface area (Å²) < 4.78 is 25.3. The third-order valence-electron chi connectivity index (χ3n) is 3.43. The molecule has 1 aromatic carbocycles. The zero-order valence-electron chi connectivity index (χ0n) is 11.0. The number of halogens is 1. The number of rotatable bonds is 4. The Hall–Kier alpha value is -0.750. The minimum absolute atomic E-state index is 0.0915. The van der Waals surface area contributed by atoms with Crippen molar-refractivity contribution < 1.29 is 8.42 Å². The molecular weight excluding hydrogens is 328 g/mol. The number of nitrogens with one attached hydrogen (secondary N) is 1. The van der Waals surface area contributed by atoms with Gasteiger partial charge in [-0.3, -0.25) is 4.72 Å². The van der Waals surface area contributed by atoms with E-state index in [0.717, 1.165) is 24.7 Å². The summed E-state index contributed by atoms with van der Waals surface area (Å²) in [5, 5.41) is 0. The van der Waals surface area contributed by atoms with Crippen molar-refractivity contribution in [3.05, 3.63) is 24.3 Å². The van der Waals surface area contributed by atoms with Crippen LogP contribution in [0, 0.1) is 5.92 Å². The maximum Gasteiger partial charge on any atom is 0.242 e. The maximum absolute atomic E-state index is 11.4. The molecule has 0 spiro atoms. The van der Waals surface area contributed by atoms with Gasteiger partial charge < -0.3 is 4.90 Å². The number of alkyl halides is 1. The molecule has 6 heteroatoms. The lowest BCUT2D eigenvalue weighted by molar-refractivity contribution is 0.438. The monoisotopic (exact) mass is 346 g/mol. The third-order valence-corrected chi connectivity index (χ3v) is 6.08. The maximum atomic E-state index is 11.4. The number of hydrogen-bond acceptors (Lipinski definition) is 3. The van der Waals surface area contributed by atoms with Crippen LogP contribution in [0.3, 0.4) is 0 Å². The SMILES string of the molecule is CC1CCN(c2ccc(NS(=O)(=O)CBr)cc2)CC1. The van der Waals surface area contributed by atoms with Gasteiger partial charge >= 0.3 is 0 Å². The van der Waals surface area contributed by atoms with Gasteiger partial charge in [0, 0.05) is 24.5 Å². The Bertz CT molecular complexity index is 508. The third kappa shape index (κ3) is 4.11. The Morgan fingerprint density at radius 2 is 1.84 bits per heavy atom. The number of nitrogens with zero attached hydrogens (tertiary/aromatic N) is 1. The summed E-state index contributed by atoms with van der Waals surface area (Å²) in [7, 11) is -3.26. The first-order chi connectivity index (χ1) is 9.00. The smallest absolute Gasteiger partial charge is 0.242 e. The summed E-state index contributed by atoms with van der Waals surface area (Å²) in [6, 6.07) is 7.57. The normalized spacial score (nSPS) is 17.5. The van der Waals surface area contributed by atoms with E-state index < -0.39 is 10.0 Å². The van der Waals surface area contributed by atoms with Gasteiger partial charge in [-0.1, -0.05) is 22.9 Å². The molecule has 4 nitrogen and oxygen atoms in total. The molecule has 0 atom stereocenters. The van der Waals surface area contributed by atoms with Crippen LogP contribution in [0.15, 0.2) is 24.3 Å². The van der Waals surface area contributed by atoms with Crippen molar-refractivity contribution >= 4 is 37.3 Å². The van der Waals surface area contributed by atoms with Crippen molar-refractivity contribution in [2.24, 2.45) is 5.92 Å². The minimum Gasteiger partial charge on any atom is -0.372 e. The van der Waals surface area contributed by atoms with Gasteiger partial charge in [0.1, 0.15) is 4.66 Å². The number of hydrogen-bond donors (Lipinski definition) is 1. The molecule has 1 aromatic rings. The summed E-state index contributed by atoms with van der Waals surface area (Å²) in [6.07, 6.45) is 2.44. The van der Waals surface area contributed by atoms with Crippen LogP contribution in [-0.4, -0.2) is 26.2 Å². The lowest BCUT2D eigenvalue weighted by Gasteiger charge is -2.32. The van der Waals surface area contributed by atoms with Crippen molar-refractivity contribution in [2.45, 2.75) is 19.8 Å². The zero-order valence-corrected chi connectivity index (χ0v) is 13.4.